The summed E-state index contributed by atoms with van der Waals surface area (Å²) in [7, 11) is 0. The minimum absolute atomic E-state index is 0.0566. The number of imide groups is 1. The second kappa shape index (κ2) is 9.82. The van der Waals surface area contributed by atoms with Gasteiger partial charge in [-0.1, -0.05) is 25.5 Å². The van der Waals surface area contributed by atoms with Gasteiger partial charge in [0.25, 0.3) is 17.5 Å². The summed E-state index contributed by atoms with van der Waals surface area (Å²) in [6.45, 7) is 2.05. The van der Waals surface area contributed by atoms with Crippen molar-refractivity contribution < 1.29 is 28.8 Å². The van der Waals surface area contributed by atoms with Crippen molar-refractivity contribution in [1.29, 1.82) is 0 Å². The fraction of sp³-hybridized carbons (Fsp3) is 0.273. The maximum Gasteiger partial charge on any atom is 0.338 e. The van der Waals surface area contributed by atoms with Crippen molar-refractivity contribution in [3.05, 3.63) is 69.3 Å². The number of unbranched alkanes of at least 4 members (excludes halogenated alkanes) is 1. The van der Waals surface area contributed by atoms with Gasteiger partial charge in [0.2, 0.25) is 5.91 Å². The molecule has 0 saturated carbocycles. The fourth-order valence-electron chi connectivity index (χ4n) is 3.22. The molecule has 0 aromatic heterocycles. The maximum atomic E-state index is 12.5. The molecule has 3 rings (SSSR count). The molecule has 32 heavy (non-hydrogen) atoms. The summed E-state index contributed by atoms with van der Waals surface area (Å²) in [5.41, 5.74) is -0.129. The zero-order valence-corrected chi connectivity index (χ0v) is 17.3. The molecule has 1 heterocycles. The number of ether oxygens (including phenoxy) is 1. The predicted molar refractivity (Wildman–Crippen MR) is 113 cm³/mol. The second-order valence-corrected chi connectivity index (χ2v) is 7.09. The molecule has 0 atom stereocenters. The molecule has 0 saturated heterocycles. The molecular weight excluding hydrogens is 418 g/mol. The van der Waals surface area contributed by atoms with E-state index in [-0.39, 0.29) is 29.7 Å². The number of carbonyl (C=O) groups excluding carboxylic acids is 4. The van der Waals surface area contributed by atoms with Gasteiger partial charge >= 0.3 is 5.97 Å². The first kappa shape index (κ1) is 22.6. The number of amides is 3. The summed E-state index contributed by atoms with van der Waals surface area (Å²) in [5, 5.41) is 13.8. The van der Waals surface area contributed by atoms with Crippen LogP contribution in [0.1, 0.15) is 57.3 Å². The molecular formula is C22H21N3O7. The molecule has 0 fully saturated rings. The smallest absolute Gasteiger partial charge is 0.338 e. The highest BCUT2D eigenvalue weighted by Gasteiger charge is 2.40. The van der Waals surface area contributed by atoms with Crippen LogP contribution in [0.2, 0.25) is 0 Å². The Morgan fingerprint density at radius 1 is 1.12 bits per heavy atom. The second-order valence-electron chi connectivity index (χ2n) is 7.09. The van der Waals surface area contributed by atoms with Crippen LogP contribution in [0.3, 0.4) is 0 Å². The third-order valence-electron chi connectivity index (χ3n) is 4.85. The Hall–Kier alpha value is -4.08. The highest BCUT2D eigenvalue weighted by Crippen LogP contribution is 2.30. The third kappa shape index (κ3) is 4.80. The predicted octanol–water partition coefficient (Wildman–Crippen LogP) is 3.18. The van der Waals surface area contributed by atoms with E-state index in [4.69, 9.17) is 4.74 Å². The molecule has 1 N–H and O–H groups in total. The Balaban J connectivity index is 1.61. The first-order valence-corrected chi connectivity index (χ1v) is 10.0. The average Bonchev–Trinajstić information content (AvgIpc) is 3.02. The quantitative estimate of drug-likeness (QED) is 0.208. The lowest BCUT2D eigenvalue weighted by molar-refractivity contribution is -0.385. The minimum Gasteiger partial charge on any atom is -0.462 e. The molecule has 0 radical (unpaired) electrons. The first-order chi connectivity index (χ1) is 15.3. The molecule has 0 unspecified atom stereocenters. The molecule has 1 aliphatic rings. The van der Waals surface area contributed by atoms with E-state index in [1.54, 1.807) is 18.2 Å². The summed E-state index contributed by atoms with van der Waals surface area (Å²) in [5.74, 6) is -2.48. The average molecular weight is 439 g/mol. The highest BCUT2D eigenvalue weighted by atomic mass is 16.6. The SMILES string of the molecule is CCCCOC(=O)c1cccc(NC(=O)CCN2C(=O)c3cccc([N+](=O)[O-])c3C2=O)c1. The molecule has 0 spiro atoms. The molecule has 10 heteroatoms. The summed E-state index contributed by atoms with van der Waals surface area (Å²) in [6, 6.07) is 10.0. The van der Waals surface area contributed by atoms with Crippen LogP contribution in [0, 0.1) is 10.1 Å². The van der Waals surface area contributed by atoms with E-state index in [1.807, 2.05) is 6.92 Å². The van der Waals surface area contributed by atoms with E-state index >= 15 is 0 Å². The van der Waals surface area contributed by atoms with Crippen molar-refractivity contribution in [3.63, 3.8) is 0 Å². The topological polar surface area (TPSA) is 136 Å². The Bertz CT molecular complexity index is 1100. The maximum absolute atomic E-state index is 12.5. The Morgan fingerprint density at radius 2 is 1.88 bits per heavy atom. The van der Waals surface area contributed by atoms with Crippen LogP contribution in [-0.2, 0) is 9.53 Å². The van der Waals surface area contributed by atoms with Gasteiger partial charge in [0.15, 0.2) is 0 Å². The standard InChI is InChI=1S/C22H21N3O7/c1-2-3-12-32-22(29)14-6-4-7-15(13-14)23-18(26)10-11-24-20(27)16-8-5-9-17(25(30)31)19(16)21(24)28/h4-9,13H,2-3,10-12H2,1H3,(H,23,26). The third-order valence-corrected chi connectivity index (χ3v) is 4.85. The summed E-state index contributed by atoms with van der Waals surface area (Å²) in [4.78, 5) is 60.7. The van der Waals surface area contributed by atoms with E-state index in [2.05, 4.69) is 5.32 Å². The number of nitro groups is 1. The molecule has 2 aromatic carbocycles. The lowest BCUT2D eigenvalue weighted by Gasteiger charge is -2.13. The van der Waals surface area contributed by atoms with Gasteiger partial charge in [0, 0.05) is 24.7 Å². The molecule has 1 aliphatic heterocycles. The normalized spacial score (nSPS) is 12.5. The van der Waals surface area contributed by atoms with Gasteiger partial charge in [-0.15, -0.1) is 0 Å². The minimum atomic E-state index is -0.804. The number of anilines is 1. The van der Waals surface area contributed by atoms with E-state index in [0.717, 1.165) is 23.8 Å². The molecule has 2 aromatic rings. The number of fused-ring (bicyclic) bond motifs is 1. The molecule has 0 bridgehead atoms. The Labute approximate surface area is 183 Å². The van der Waals surface area contributed by atoms with Crippen molar-refractivity contribution in [3.8, 4) is 0 Å². The van der Waals surface area contributed by atoms with E-state index in [1.165, 1.54) is 18.2 Å². The van der Waals surface area contributed by atoms with Gasteiger partial charge < -0.3 is 10.1 Å². The number of esters is 1. The number of nitro benzene ring substituents is 1. The van der Waals surface area contributed by atoms with Crippen LogP contribution in [-0.4, -0.2) is 46.7 Å². The van der Waals surface area contributed by atoms with Gasteiger partial charge in [0.1, 0.15) is 5.56 Å². The Kier molecular flexibility index (Phi) is 6.93. The van der Waals surface area contributed by atoms with Crippen molar-refractivity contribution in [2.45, 2.75) is 26.2 Å². The van der Waals surface area contributed by atoms with Gasteiger partial charge in [-0.25, -0.2) is 4.79 Å². The van der Waals surface area contributed by atoms with Gasteiger partial charge in [0.05, 0.1) is 22.7 Å². The van der Waals surface area contributed by atoms with Gasteiger partial charge in [-0.2, -0.15) is 0 Å². The summed E-state index contributed by atoms with van der Waals surface area (Å²) >= 11 is 0. The highest BCUT2D eigenvalue weighted by molar-refractivity contribution is 6.23. The van der Waals surface area contributed by atoms with Crippen molar-refractivity contribution in [2.75, 3.05) is 18.5 Å². The first-order valence-electron chi connectivity index (χ1n) is 10.0. The van der Waals surface area contributed by atoms with Crippen LogP contribution in [0.5, 0.6) is 0 Å². The van der Waals surface area contributed by atoms with Crippen molar-refractivity contribution >= 4 is 35.1 Å². The van der Waals surface area contributed by atoms with Crippen LogP contribution in [0.15, 0.2) is 42.5 Å². The van der Waals surface area contributed by atoms with Crippen LogP contribution < -0.4 is 5.32 Å². The molecule has 10 nitrogen and oxygen atoms in total. The summed E-state index contributed by atoms with van der Waals surface area (Å²) < 4.78 is 5.14. The molecule has 166 valence electrons. The zero-order chi connectivity index (χ0) is 23.3. The van der Waals surface area contributed by atoms with Crippen molar-refractivity contribution in [2.24, 2.45) is 0 Å². The lowest BCUT2D eigenvalue weighted by Crippen LogP contribution is -2.33. The molecule has 0 aliphatic carbocycles. The lowest BCUT2D eigenvalue weighted by atomic mass is 10.1. The number of rotatable bonds is 9. The number of nitrogens with zero attached hydrogens (tertiary/aromatic N) is 2. The zero-order valence-electron chi connectivity index (χ0n) is 17.3. The monoisotopic (exact) mass is 439 g/mol. The molecule has 3 amide bonds. The van der Waals surface area contributed by atoms with E-state index in [9.17, 15) is 29.3 Å². The van der Waals surface area contributed by atoms with E-state index in [0.29, 0.717) is 12.3 Å². The largest absolute Gasteiger partial charge is 0.462 e. The van der Waals surface area contributed by atoms with Crippen LogP contribution >= 0.6 is 0 Å². The number of benzene rings is 2. The van der Waals surface area contributed by atoms with Gasteiger partial charge in [-0.05, 0) is 30.7 Å². The van der Waals surface area contributed by atoms with E-state index < -0.39 is 34.3 Å². The van der Waals surface area contributed by atoms with Gasteiger partial charge in [-0.3, -0.25) is 29.4 Å². The summed E-state index contributed by atoms with van der Waals surface area (Å²) in [6.07, 6.45) is 1.43. The van der Waals surface area contributed by atoms with Crippen LogP contribution in [0.4, 0.5) is 11.4 Å². The van der Waals surface area contributed by atoms with Crippen LogP contribution in [0.25, 0.3) is 0 Å². The Morgan fingerprint density at radius 3 is 2.59 bits per heavy atom. The number of hydrogen-bond donors (Lipinski definition) is 1. The fourth-order valence-corrected chi connectivity index (χ4v) is 3.22. The van der Waals surface area contributed by atoms with Crippen molar-refractivity contribution in [1.82, 2.24) is 4.90 Å². The number of nitrogens with one attached hydrogen (secondary N) is 1. The number of hydrogen-bond acceptors (Lipinski definition) is 7. The number of carbonyl (C=O) groups is 4.